The van der Waals surface area contributed by atoms with Crippen LogP contribution in [0.25, 0.3) is 0 Å². The van der Waals surface area contributed by atoms with Gasteiger partial charge in [-0.1, -0.05) is 0 Å². The number of carbonyl (C=O) groups excluding carboxylic acids is 1. The molecule has 24 heavy (non-hydrogen) atoms. The number of aromatic nitrogens is 1. The number of pyridine rings is 1. The van der Waals surface area contributed by atoms with Gasteiger partial charge in [0, 0.05) is 19.0 Å². The van der Waals surface area contributed by atoms with Crippen molar-refractivity contribution >= 4 is 5.91 Å². The number of nitrogens with zero attached hydrogens (tertiary/aromatic N) is 2. The van der Waals surface area contributed by atoms with Crippen LogP contribution in [0.4, 0.5) is 13.2 Å². The van der Waals surface area contributed by atoms with Crippen molar-refractivity contribution in [1.82, 2.24) is 15.2 Å². The summed E-state index contributed by atoms with van der Waals surface area (Å²) >= 11 is 0. The normalized spacial score (nSPS) is 23.1. The smallest absolute Gasteiger partial charge is 0.371 e. The maximum atomic E-state index is 12.5. The van der Waals surface area contributed by atoms with Gasteiger partial charge in [-0.3, -0.25) is 14.7 Å². The second kappa shape index (κ2) is 7.94. The number of amides is 1. The fourth-order valence-corrected chi connectivity index (χ4v) is 2.73. The maximum absolute atomic E-state index is 12.5. The molecule has 0 aromatic carbocycles. The summed E-state index contributed by atoms with van der Waals surface area (Å²) in [4.78, 5) is 17.3. The van der Waals surface area contributed by atoms with Crippen LogP contribution in [0.5, 0.6) is 0 Å². The first-order chi connectivity index (χ1) is 11.3. The Hall–Kier alpha value is -1.67. The summed E-state index contributed by atoms with van der Waals surface area (Å²) in [7, 11) is 1.29. The van der Waals surface area contributed by atoms with Gasteiger partial charge < -0.3 is 10.1 Å². The van der Waals surface area contributed by atoms with Crippen molar-refractivity contribution in [1.29, 1.82) is 0 Å². The zero-order chi connectivity index (χ0) is 17.7. The Labute approximate surface area is 139 Å². The molecule has 1 aliphatic rings. The van der Waals surface area contributed by atoms with E-state index in [2.05, 4.69) is 10.3 Å². The summed E-state index contributed by atoms with van der Waals surface area (Å²) in [6.07, 6.45) is 0.147. The van der Waals surface area contributed by atoms with Gasteiger partial charge in [-0.05, 0) is 44.5 Å². The largest absolute Gasteiger partial charge is 0.401 e. The van der Waals surface area contributed by atoms with Crippen LogP contribution in [-0.2, 0) is 9.53 Å². The van der Waals surface area contributed by atoms with E-state index in [1.807, 2.05) is 12.1 Å². The van der Waals surface area contributed by atoms with E-state index < -0.39 is 24.7 Å². The van der Waals surface area contributed by atoms with Crippen LogP contribution in [0.1, 0.15) is 31.4 Å². The van der Waals surface area contributed by atoms with Gasteiger partial charge in [0.1, 0.15) is 6.10 Å². The molecule has 1 N–H and O–H groups in total. The fourth-order valence-electron chi connectivity index (χ4n) is 2.73. The molecule has 1 aliphatic heterocycles. The molecule has 0 aliphatic carbocycles. The van der Waals surface area contributed by atoms with E-state index in [4.69, 9.17) is 4.74 Å². The second-order valence-corrected chi connectivity index (χ2v) is 6.04. The average Bonchev–Trinajstić information content (AvgIpc) is 2.54. The van der Waals surface area contributed by atoms with E-state index in [0.717, 1.165) is 16.9 Å². The Bertz CT molecular complexity index is 539. The number of rotatable bonds is 5. The first-order valence-corrected chi connectivity index (χ1v) is 7.87. The molecule has 1 amide bonds. The fraction of sp³-hybridized carbons (Fsp3) is 0.625. The summed E-state index contributed by atoms with van der Waals surface area (Å²) in [5.41, 5.74) is 0.895. The van der Waals surface area contributed by atoms with E-state index in [9.17, 15) is 18.0 Å². The highest BCUT2D eigenvalue weighted by Gasteiger charge is 2.34. The Balaban J connectivity index is 2.00. The predicted octanol–water partition coefficient (Wildman–Crippen LogP) is 2.30. The topological polar surface area (TPSA) is 54.5 Å². The molecular formula is C16H22F3N3O2. The quantitative estimate of drug-likeness (QED) is 0.890. The van der Waals surface area contributed by atoms with E-state index in [1.165, 1.54) is 14.0 Å². The van der Waals surface area contributed by atoms with Crippen molar-refractivity contribution in [2.75, 3.05) is 20.2 Å². The van der Waals surface area contributed by atoms with Gasteiger partial charge in [0.25, 0.3) is 0 Å². The number of alkyl halides is 3. The Morgan fingerprint density at radius 2 is 2.12 bits per heavy atom. The molecule has 2 rings (SSSR count). The van der Waals surface area contributed by atoms with Crippen LogP contribution in [0.3, 0.4) is 0 Å². The lowest BCUT2D eigenvalue weighted by atomic mass is 9.96. The summed E-state index contributed by atoms with van der Waals surface area (Å²) < 4.78 is 43.2. The molecule has 3 atom stereocenters. The third-order valence-electron chi connectivity index (χ3n) is 4.15. The third kappa shape index (κ3) is 5.17. The molecule has 0 radical (unpaired) electrons. The van der Waals surface area contributed by atoms with Crippen molar-refractivity contribution in [2.45, 2.75) is 44.1 Å². The Morgan fingerprint density at radius 3 is 2.75 bits per heavy atom. The Kier molecular flexibility index (Phi) is 6.17. The standard InChI is InChI=1S/C16H22F3N3O2/c1-11(22(2)10-16(17,18)19)15(23)21-13-4-3-9-24-14(13)12-5-7-20-8-6-12/h5-8,11,13-14H,3-4,9-10H2,1-2H3,(H,21,23)/t11?,13-,14+/m0/s1. The van der Waals surface area contributed by atoms with Gasteiger partial charge in [-0.25, -0.2) is 0 Å². The van der Waals surface area contributed by atoms with Crippen LogP contribution >= 0.6 is 0 Å². The molecule has 1 saturated heterocycles. The number of halogens is 3. The molecule has 1 fully saturated rings. The van der Waals surface area contributed by atoms with Gasteiger partial charge in [-0.15, -0.1) is 0 Å². The molecule has 0 saturated carbocycles. The van der Waals surface area contributed by atoms with Crippen molar-refractivity contribution in [3.63, 3.8) is 0 Å². The molecular weight excluding hydrogens is 323 g/mol. The van der Waals surface area contributed by atoms with Crippen molar-refractivity contribution in [2.24, 2.45) is 0 Å². The summed E-state index contributed by atoms with van der Waals surface area (Å²) in [6, 6.07) is 2.48. The molecule has 1 aromatic heterocycles. The second-order valence-electron chi connectivity index (χ2n) is 6.04. The molecule has 0 spiro atoms. The molecule has 0 bridgehead atoms. The summed E-state index contributed by atoms with van der Waals surface area (Å²) in [5, 5.41) is 2.84. The van der Waals surface area contributed by atoms with Crippen LogP contribution < -0.4 is 5.32 Å². The van der Waals surface area contributed by atoms with Crippen LogP contribution in [-0.4, -0.2) is 54.3 Å². The number of hydrogen-bond donors (Lipinski definition) is 1. The lowest BCUT2D eigenvalue weighted by Gasteiger charge is -2.34. The number of likely N-dealkylation sites (N-methyl/N-ethyl adjacent to an activating group) is 1. The highest BCUT2D eigenvalue weighted by Crippen LogP contribution is 2.28. The number of nitrogens with one attached hydrogen (secondary N) is 1. The average molecular weight is 345 g/mol. The minimum atomic E-state index is -4.34. The van der Waals surface area contributed by atoms with Crippen molar-refractivity contribution in [3.05, 3.63) is 30.1 Å². The molecule has 1 unspecified atom stereocenters. The minimum Gasteiger partial charge on any atom is -0.371 e. The van der Waals surface area contributed by atoms with Crippen molar-refractivity contribution in [3.8, 4) is 0 Å². The highest BCUT2D eigenvalue weighted by atomic mass is 19.4. The highest BCUT2D eigenvalue weighted by molar-refractivity contribution is 5.81. The Morgan fingerprint density at radius 1 is 1.46 bits per heavy atom. The SMILES string of the molecule is CC(C(=O)N[C@H]1CCCO[C@@H]1c1ccncc1)N(C)CC(F)(F)F. The number of ether oxygens (including phenoxy) is 1. The van der Waals surface area contributed by atoms with Gasteiger partial charge in [0.2, 0.25) is 5.91 Å². The monoisotopic (exact) mass is 345 g/mol. The molecule has 2 heterocycles. The maximum Gasteiger partial charge on any atom is 0.401 e. The zero-order valence-corrected chi connectivity index (χ0v) is 13.7. The van der Waals surface area contributed by atoms with E-state index in [-0.39, 0.29) is 12.1 Å². The van der Waals surface area contributed by atoms with Gasteiger partial charge in [0.15, 0.2) is 0 Å². The lowest BCUT2D eigenvalue weighted by Crippen LogP contribution is -2.51. The minimum absolute atomic E-state index is 0.268. The van der Waals surface area contributed by atoms with Crippen LogP contribution in [0.2, 0.25) is 0 Å². The first-order valence-electron chi connectivity index (χ1n) is 7.87. The molecule has 8 heteroatoms. The number of carbonyl (C=O) groups is 1. The van der Waals surface area contributed by atoms with Gasteiger partial charge in [0.05, 0.1) is 18.6 Å². The van der Waals surface area contributed by atoms with Crippen molar-refractivity contribution < 1.29 is 22.7 Å². The van der Waals surface area contributed by atoms with Crippen LogP contribution in [0, 0.1) is 0 Å². The molecule has 5 nitrogen and oxygen atoms in total. The molecule has 1 aromatic rings. The first kappa shape index (κ1) is 18.7. The third-order valence-corrected chi connectivity index (χ3v) is 4.15. The van der Waals surface area contributed by atoms with Gasteiger partial charge >= 0.3 is 6.18 Å². The van der Waals surface area contributed by atoms with Crippen LogP contribution in [0.15, 0.2) is 24.5 Å². The predicted molar refractivity (Wildman–Crippen MR) is 82.2 cm³/mol. The zero-order valence-electron chi connectivity index (χ0n) is 13.7. The van der Waals surface area contributed by atoms with Gasteiger partial charge in [-0.2, -0.15) is 13.2 Å². The van der Waals surface area contributed by atoms with E-state index in [0.29, 0.717) is 13.0 Å². The number of hydrogen-bond acceptors (Lipinski definition) is 4. The summed E-state index contributed by atoms with van der Waals surface area (Å²) in [5.74, 6) is -0.434. The van der Waals surface area contributed by atoms with E-state index >= 15 is 0 Å². The molecule has 134 valence electrons. The summed E-state index contributed by atoms with van der Waals surface area (Å²) in [6.45, 7) is 0.922. The lowest BCUT2D eigenvalue weighted by molar-refractivity contribution is -0.151. The van der Waals surface area contributed by atoms with E-state index in [1.54, 1.807) is 12.4 Å².